The number of carbonyl (C=O) groups excluding carboxylic acids is 2. The second-order valence-corrected chi connectivity index (χ2v) is 7.88. The molecule has 0 atom stereocenters. The van der Waals surface area contributed by atoms with Gasteiger partial charge in [-0.3, -0.25) is 19.2 Å². The highest BCUT2D eigenvalue weighted by Crippen LogP contribution is 2.27. The van der Waals surface area contributed by atoms with Crippen LogP contribution in [0.4, 0.5) is 0 Å². The lowest BCUT2D eigenvalue weighted by Gasteiger charge is -2.32. The summed E-state index contributed by atoms with van der Waals surface area (Å²) in [5, 5.41) is 14.4. The first-order chi connectivity index (χ1) is 15.9. The summed E-state index contributed by atoms with van der Waals surface area (Å²) in [6.45, 7) is 0. The van der Waals surface area contributed by atoms with Gasteiger partial charge in [0.2, 0.25) is 0 Å². The molecule has 1 heterocycles. The predicted molar refractivity (Wildman–Crippen MR) is 119 cm³/mol. The molecular weight excluding hydrogens is 424 g/mol. The van der Waals surface area contributed by atoms with Gasteiger partial charge in [-0.05, 0) is 24.0 Å². The number of nitrogens with one attached hydrogen (secondary N) is 3. The van der Waals surface area contributed by atoms with E-state index in [9.17, 15) is 19.2 Å². The molecule has 0 unspecified atom stereocenters. The zero-order valence-electron chi connectivity index (χ0n) is 17.5. The van der Waals surface area contributed by atoms with Crippen LogP contribution in [0.3, 0.4) is 0 Å². The molecule has 33 heavy (non-hydrogen) atoms. The number of carboxylic acid groups (broad SMARTS) is 1. The van der Waals surface area contributed by atoms with Crippen LogP contribution >= 0.6 is 0 Å². The van der Waals surface area contributed by atoms with E-state index >= 15 is 0 Å². The first-order valence-electron chi connectivity index (χ1n) is 10.5. The zero-order valence-corrected chi connectivity index (χ0v) is 17.5. The molecule has 0 bridgehead atoms. The maximum Gasteiger partial charge on any atom is 0.306 e. The SMILES string of the molecule is O=C(NC1CC(C(=O)O)C1)c1ncc(C(=O)NC(c2ccccc2)c2ccccc2)c(=O)[nH]1. The molecule has 2 aromatic carbocycles. The number of hydrogen-bond acceptors (Lipinski definition) is 5. The Balaban J connectivity index is 1.48. The number of rotatable bonds is 7. The Morgan fingerprint density at radius 1 is 0.939 bits per heavy atom. The fourth-order valence-corrected chi connectivity index (χ4v) is 3.72. The lowest BCUT2D eigenvalue weighted by molar-refractivity contribution is -0.145. The van der Waals surface area contributed by atoms with E-state index in [1.807, 2.05) is 60.7 Å². The molecular formula is C24H22N4O5. The van der Waals surface area contributed by atoms with Crippen LogP contribution < -0.4 is 16.2 Å². The minimum absolute atomic E-state index is 0.224. The number of carboxylic acids is 1. The summed E-state index contributed by atoms with van der Waals surface area (Å²) < 4.78 is 0. The summed E-state index contributed by atoms with van der Waals surface area (Å²) in [6.07, 6.45) is 1.72. The number of aromatic nitrogens is 2. The van der Waals surface area contributed by atoms with E-state index in [1.165, 1.54) is 0 Å². The molecule has 1 saturated carbocycles. The Morgan fingerprint density at radius 2 is 1.52 bits per heavy atom. The first-order valence-corrected chi connectivity index (χ1v) is 10.5. The normalized spacial score (nSPS) is 17.1. The van der Waals surface area contributed by atoms with Crippen molar-refractivity contribution in [3.05, 3.63) is 99.7 Å². The number of carbonyl (C=O) groups is 3. The van der Waals surface area contributed by atoms with Crippen LogP contribution in [0.25, 0.3) is 0 Å². The number of aromatic amines is 1. The van der Waals surface area contributed by atoms with E-state index in [0.29, 0.717) is 12.8 Å². The van der Waals surface area contributed by atoms with Gasteiger partial charge < -0.3 is 20.7 Å². The van der Waals surface area contributed by atoms with E-state index in [1.54, 1.807) is 0 Å². The summed E-state index contributed by atoms with van der Waals surface area (Å²) in [4.78, 5) is 54.9. The molecule has 0 spiro atoms. The number of hydrogen-bond donors (Lipinski definition) is 4. The van der Waals surface area contributed by atoms with Gasteiger partial charge in [0.1, 0.15) is 5.56 Å². The van der Waals surface area contributed by atoms with Crippen LogP contribution in [-0.2, 0) is 4.79 Å². The zero-order chi connectivity index (χ0) is 23.4. The molecule has 3 aromatic rings. The summed E-state index contributed by atoms with van der Waals surface area (Å²) in [5.74, 6) is -2.86. The molecule has 0 radical (unpaired) electrons. The fourth-order valence-electron chi connectivity index (χ4n) is 3.72. The highest BCUT2D eigenvalue weighted by Gasteiger charge is 2.35. The number of benzene rings is 2. The van der Waals surface area contributed by atoms with Crippen molar-refractivity contribution in [2.24, 2.45) is 5.92 Å². The predicted octanol–water partition coefficient (Wildman–Crippen LogP) is 1.88. The van der Waals surface area contributed by atoms with Gasteiger partial charge in [-0.1, -0.05) is 60.7 Å². The molecule has 9 heteroatoms. The molecule has 2 amide bonds. The Kier molecular flexibility index (Phi) is 6.30. The van der Waals surface area contributed by atoms with Crippen molar-refractivity contribution in [1.29, 1.82) is 0 Å². The molecule has 0 saturated heterocycles. The summed E-state index contributed by atoms with van der Waals surface area (Å²) in [5.41, 5.74) is 0.720. The molecule has 1 aliphatic rings. The summed E-state index contributed by atoms with van der Waals surface area (Å²) in [7, 11) is 0. The largest absolute Gasteiger partial charge is 0.481 e. The van der Waals surface area contributed by atoms with Crippen LogP contribution in [-0.4, -0.2) is 38.9 Å². The molecule has 168 valence electrons. The molecule has 4 rings (SSSR count). The van der Waals surface area contributed by atoms with Crippen LogP contribution in [0.2, 0.25) is 0 Å². The second-order valence-electron chi connectivity index (χ2n) is 7.88. The quantitative estimate of drug-likeness (QED) is 0.437. The van der Waals surface area contributed by atoms with Gasteiger partial charge in [0.15, 0.2) is 5.82 Å². The second kappa shape index (κ2) is 9.47. The molecule has 9 nitrogen and oxygen atoms in total. The number of aliphatic carboxylic acids is 1. The van der Waals surface area contributed by atoms with Crippen molar-refractivity contribution < 1.29 is 19.5 Å². The van der Waals surface area contributed by atoms with Gasteiger partial charge >= 0.3 is 5.97 Å². The van der Waals surface area contributed by atoms with Gasteiger partial charge in [0.25, 0.3) is 17.4 Å². The Labute approximate surface area is 188 Å². The van der Waals surface area contributed by atoms with Gasteiger partial charge in [0.05, 0.1) is 12.0 Å². The molecule has 1 aliphatic carbocycles. The van der Waals surface area contributed by atoms with Crippen LogP contribution in [0.15, 0.2) is 71.7 Å². The van der Waals surface area contributed by atoms with Crippen LogP contribution in [0, 0.1) is 5.92 Å². The standard InChI is InChI=1S/C24H22N4O5/c29-21(27-19(14-7-3-1-4-8-14)15-9-5-2-6-10-15)18-13-25-20(28-22(18)30)23(31)26-17-11-16(12-17)24(32)33/h1-10,13,16-17,19H,11-12H2,(H,26,31)(H,27,29)(H,32,33)(H,25,28,30). The maximum absolute atomic E-state index is 12.9. The Hall–Kier alpha value is -4.27. The van der Waals surface area contributed by atoms with E-state index < -0.39 is 35.3 Å². The lowest BCUT2D eigenvalue weighted by Crippen LogP contribution is -2.47. The van der Waals surface area contributed by atoms with Crippen molar-refractivity contribution in [2.75, 3.05) is 0 Å². The maximum atomic E-state index is 12.9. The number of amides is 2. The highest BCUT2D eigenvalue weighted by atomic mass is 16.4. The van der Waals surface area contributed by atoms with Gasteiger partial charge in [0, 0.05) is 12.2 Å². The summed E-state index contributed by atoms with van der Waals surface area (Å²) >= 11 is 0. The van der Waals surface area contributed by atoms with Crippen molar-refractivity contribution in [1.82, 2.24) is 20.6 Å². The smallest absolute Gasteiger partial charge is 0.306 e. The van der Waals surface area contributed by atoms with Crippen LogP contribution in [0.1, 0.15) is 51.0 Å². The van der Waals surface area contributed by atoms with Gasteiger partial charge in [-0.2, -0.15) is 0 Å². The monoisotopic (exact) mass is 446 g/mol. The van der Waals surface area contributed by atoms with Crippen molar-refractivity contribution in [3.8, 4) is 0 Å². The van der Waals surface area contributed by atoms with Crippen molar-refractivity contribution in [3.63, 3.8) is 0 Å². The summed E-state index contributed by atoms with van der Waals surface area (Å²) in [6, 6.07) is 17.9. The van der Waals surface area contributed by atoms with Crippen molar-refractivity contribution in [2.45, 2.75) is 24.9 Å². The molecule has 0 aliphatic heterocycles. The Bertz CT molecular complexity index is 1180. The van der Waals surface area contributed by atoms with E-state index in [-0.39, 0.29) is 17.4 Å². The molecule has 1 aromatic heterocycles. The number of H-pyrrole nitrogens is 1. The lowest BCUT2D eigenvalue weighted by atomic mass is 9.80. The van der Waals surface area contributed by atoms with E-state index in [4.69, 9.17) is 5.11 Å². The minimum atomic E-state index is -0.897. The minimum Gasteiger partial charge on any atom is -0.481 e. The van der Waals surface area contributed by atoms with Crippen molar-refractivity contribution >= 4 is 17.8 Å². The van der Waals surface area contributed by atoms with E-state index in [0.717, 1.165) is 17.3 Å². The first kappa shape index (κ1) is 21.9. The molecule has 4 N–H and O–H groups in total. The third-order valence-electron chi connectivity index (χ3n) is 5.62. The highest BCUT2D eigenvalue weighted by molar-refractivity contribution is 5.95. The topological polar surface area (TPSA) is 141 Å². The average molecular weight is 446 g/mol. The third kappa shape index (κ3) is 4.98. The number of nitrogens with zero attached hydrogens (tertiary/aromatic N) is 1. The van der Waals surface area contributed by atoms with Gasteiger partial charge in [-0.25, -0.2) is 4.98 Å². The van der Waals surface area contributed by atoms with Gasteiger partial charge in [-0.15, -0.1) is 0 Å². The average Bonchev–Trinajstić information content (AvgIpc) is 2.80. The molecule has 1 fully saturated rings. The fraction of sp³-hybridized carbons (Fsp3) is 0.208. The Morgan fingerprint density at radius 3 is 2.03 bits per heavy atom. The third-order valence-corrected chi connectivity index (χ3v) is 5.62. The van der Waals surface area contributed by atoms with E-state index in [2.05, 4.69) is 20.6 Å². The van der Waals surface area contributed by atoms with Crippen LogP contribution in [0.5, 0.6) is 0 Å².